The van der Waals surface area contributed by atoms with Crippen LogP contribution in [0.1, 0.15) is 40.9 Å². The summed E-state index contributed by atoms with van der Waals surface area (Å²) in [5, 5.41) is 6.68. The van der Waals surface area contributed by atoms with Gasteiger partial charge in [0.2, 0.25) is 15.9 Å². The lowest BCUT2D eigenvalue weighted by Crippen LogP contribution is -2.27. The fourth-order valence-electron chi connectivity index (χ4n) is 3.36. The number of carbonyl (C=O) groups excluding carboxylic acids is 1. The van der Waals surface area contributed by atoms with E-state index in [0.717, 1.165) is 43.4 Å². The molecule has 1 aromatic heterocycles. The molecule has 2 heterocycles. The lowest BCUT2D eigenvalue weighted by atomic mass is 10.2. The van der Waals surface area contributed by atoms with Crippen molar-refractivity contribution in [1.29, 1.82) is 0 Å². The number of hydrogen-bond acceptors (Lipinski definition) is 5. The van der Waals surface area contributed by atoms with E-state index in [1.165, 1.54) is 28.6 Å². The molecule has 0 spiro atoms. The molecule has 0 unspecified atom stereocenters. The highest BCUT2D eigenvalue weighted by Crippen LogP contribution is 2.29. The molecule has 7 nitrogen and oxygen atoms in total. The summed E-state index contributed by atoms with van der Waals surface area (Å²) in [5.41, 5.74) is 2.24. The molecule has 1 saturated heterocycles. The van der Waals surface area contributed by atoms with Crippen LogP contribution in [0.3, 0.4) is 0 Å². The monoisotopic (exact) mass is 361 g/mol. The van der Waals surface area contributed by atoms with Crippen molar-refractivity contribution in [1.82, 2.24) is 9.46 Å². The Morgan fingerprint density at radius 2 is 1.80 bits per heavy atom. The quantitative estimate of drug-likeness (QED) is 0.901. The summed E-state index contributed by atoms with van der Waals surface area (Å²) in [7, 11) is -3.47. The maximum absolute atomic E-state index is 12.5. The number of nitrogens with zero attached hydrogens (tertiary/aromatic N) is 2. The third kappa shape index (κ3) is 2.96. The van der Waals surface area contributed by atoms with Gasteiger partial charge in [-0.25, -0.2) is 8.42 Å². The van der Waals surface area contributed by atoms with E-state index in [2.05, 4.69) is 10.5 Å². The molecular formula is C17H19N3O4S. The van der Waals surface area contributed by atoms with Crippen LogP contribution in [0.15, 0.2) is 33.7 Å². The fraction of sp³-hybridized carbons (Fsp3) is 0.412. The largest absolute Gasteiger partial charge is 0.338 e. The van der Waals surface area contributed by atoms with Crippen molar-refractivity contribution in [2.75, 3.05) is 18.4 Å². The zero-order valence-electron chi connectivity index (χ0n) is 13.7. The van der Waals surface area contributed by atoms with Gasteiger partial charge in [-0.1, -0.05) is 5.16 Å². The third-order valence-corrected chi connectivity index (χ3v) is 6.67. The number of aryl methyl sites for hydroxylation is 1. The van der Waals surface area contributed by atoms with Crippen LogP contribution < -0.4 is 5.32 Å². The van der Waals surface area contributed by atoms with Crippen LogP contribution in [0, 0.1) is 0 Å². The van der Waals surface area contributed by atoms with Gasteiger partial charge in [-0.3, -0.25) is 10.1 Å². The zero-order chi connectivity index (χ0) is 17.4. The fourth-order valence-corrected chi connectivity index (χ4v) is 4.88. The number of carbonyl (C=O) groups is 1. The predicted molar refractivity (Wildman–Crippen MR) is 90.9 cm³/mol. The molecule has 2 aliphatic rings. The molecule has 8 heteroatoms. The summed E-state index contributed by atoms with van der Waals surface area (Å²) in [6.07, 6.45) is 4.52. The predicted octanol–water partition coefficient (Wildman–Crippen LogP) is 2.20. The SMILES string of the molecule is O=C(Nc1onc2c1CCC2)c1ccc(S(=O)(=O)N2CCCC2)cc1. The first-order valence-electron chi connectivity index (χ1n) is 8.45. The summed E-state index contributed by atoms with van der Waals surface area (Å²) in [6, 6.07) is 6.00. The second-order valence-corrected chi connectivity index (χ2v) is 8.32. The van der Waals surface area contributed by atoms with E-state index in [4.69, 9.17) is 4.52 Å². The van der Waals surface area contributed by atoms with Crippen LogP contribution in [0.2, 0.25) is 0 Å². The van der Waals surface area contributed by atoms with Gasteiger partial charge in [-0.2, -0.15) is 4.31 Å². The van der Waals surface area contributed by atoms with E-state index in [1.807, 2.05) is 0 Å². The van der Waals surface area contributed by atoms with Gasteiger partial charge >= 0.3 is 0 Å². The molecular weight excluding hydrogens is 342 g/mol. The first-order valence-corrected chi connectivity index (χ1v) is 9.89. The van der Waals surface area contributed by atoms with Crippen LogP contribution >= 0.6 is 0 Å². The lowest BCUT2D eigenvalue weighted by Gasteiger charge is -2.15. The number of aromatic nitrogens is 1. The van der Waals surface area contributed by atoms with E-state index in [0.29, 0.717) is 24.5 Å². The van der Waals surface area contributed by atoms with Crippen molar-refractivity contribution in [3.63, 3.8) is 0 Å². The van der Waals surface area contributed by atoms with Crippen LogP contribution in [-0.4, -0.2) is 36.9 Å². The standard InChI is InChI=1S/C17H19N3O4S/c21-16(18-17-14-4-3-5-15(14)19-24-17)12-6-8-13(9-7-12)25(22,23)20-10-1-2-11-20/h6-9H,1-5,10-11H2,(H,18,21). The van der Waals surface area contributed by atoms with Gasteiger partial charge in [0.05, 0.1) is 10.6 Å². The topological polar surface area (TPSA) is 92.5 Å². The second-order valence-electron chi connectivity index (χ2n) is 6.38. The third-order valence-electron chi connectivity index (χ3n) is 4.76. The van der Waals surface area contributed by atoms with Crippen LogP contribution in [0.5, 0.6) is 0 Å². The molecule has 0 radical (unpaired) electrons. The molecule has 0 bridgehead atoms. The number of nitrogens with one attached hydrogen (secondary N) is 1. The molecule has 0 saturated carbocycles. The molecule has 4 rings (SSSR count). The van der Waals surface area contributed by atoms with E-state index >= 15 is 0 Å². The first-order chi connectivity index (χ1) is 12.1. The van der Waals surface area contributed by atoms with Crippen molar-refractivity contribution in [2.24, 2.45) is 0 Å². The lowest BCUT2D eigenvalue weighted by molar-refractivity contribution is 0.102. The molecule has 25 heavy (non-hydrogen) atoms. The number of amides is 1. The summed E-state index contributed by atoms with van der Waals surface area (Å²) >= 11 is 0. The van der Waals surface area contributed by atoms with Crippen molar-refractivity contribution < 1.29 is 17.7 Å². The molecule has 1 fully saturated rings. The van der Waals surface area contributed by atoms with Crippen molar-refractivity contribution in [2.45, 2.75) is 37.0 Å². The summed E-state index contributed by atoms with van der Waals surface area (Å²) in [4.78, 5) is 12.6. The maximum atomic E-state index is 12.5. The van der Waals surface area contributed by atoms with E-state index in [9.17, 15) is 13.2 Å². The van der Waals surface area contributed by atoms with Crippen molar-refractivity contribution >= 4 is 21.8 Å². The van der Waals surface area contributed by atoms with Crippen LogP contribution in [-0.2, 0) is 22.9 Å². The van der Waals surface area contributed by atoms with Gasteiger partial charge in [0.1, 0.15) is 0 Å². The minimum Gasteiger partial charge on any atom is -0.338 e. The van der Waals surface area contributed by atoms with Crippen molar-refractivity contribution in [3.8, 4) is 0 Å². The Hall–Kier alpha value is -2.19. The number of benzene rings is 1. The Kier molecular flexibility index (Phi) is 4.09. The van der Waals surface area contributed by atoms with Crippen molar-refractivity contribution in [3.05, 3.63) is 41.1 Å². The smallest absolute Gasteiger partial charge is 0.258 e. The number of sulfonamides is 1. The van der Waals surface area contributed by atoms with Gasteiger partial charge in [0.15, 0.2) is 0 Å². The summed E-state index contributed by atoms with van der Waals surface area (Å²) in [6.45, 7) is 1.11. The van der Waals surface area contributed by atoms with Gasteiger partial charge in [0.25, 0.3) is 5.91 Å². The Morgan fingerprint density at radius 1 is 1.08 bits per heavy atom. The Morgan fingerprint density at radius 3 is 2.52 bits per heavy atom. The molecule has 1 N–H and O–H groups in total. The Balaban J connectivity index is 1.50. The molecule has 1 aliphatic heterocycles. The molecule has 1 aliphatic carbocycles. The molecule has 1 amide bonds. The van der Waals surface area contributed by atoms with Gasteiger partial charge in [-0.05, 0) is 56.4 Å². The van der Waals surface area contributed by atoms with E-state index < -0.39 is 10.0 Å². The highest BCUT2D eigenvalue weighted by molar-refractivity contribution is 7.89. The highest BCUT2D eigenvalue weighted by atomic mass is 32.2. The average Bonchev–Trinajstić information content (AvgIpc) is 3.34. The molecule has 0 atom stereocenters. The molecule has 2 aromatic rings. The number of anilines is 1. The Bertz CT molecular complexity index is 896. The normalized spacial score (nSPS) is 17.6. The number of rotatable bonds is 4. The Labute approximate surface area is 146 Å². The highest BCUT2D eigenvalue weighted by Gasteiger charge is 2.27. The van der Waals surface area contributed by atoms with Crippen LogP contribution in [0.25, 0.3) is 0 Å². The van der Waals surface area contributed by atoms with Gasteiger partial charge < -0.3 is 4.52 Å². The minimum absolute atomic E-state index is 0.214. The molecule has 132 valence electrons. The number of hydrogen-bond donors (Lipinski definition) is 1. The summed E-state index contributed by atoms with van der Waals surface area (Å²) < 4.78 is 31.7. The van der Waals surface area contributed by atoms with Gasteiger partial charge in [0, 0.05) is 24.2 Å². The zero-order valence-corrected chi connectivity index (χ0v) is 14.5. The average molecular weight is 361 g/mol. The second kappa shape index (κ2) is 6.27. The van der Waals surface area contributed by atoms with Gasteiger partial charge in [-0.15, -0.1) is 0 Å². The van der Waals surface area contributed by atoms with E-state index in [1.54, 1.807) is 0 Å². The minimum atomic E-state index is -3.47. The molecule has 1 aromatic carbocycles. The summed E-state index contributed by atoms with van der Waals surface area (Å²) in [5.74, 6) is 0.0576. The van der Waals surface area contributed by atoms with E-state index in [-0.39, 0.29) is 10.8 Å². The first kappa shape index (κ1) is 16.3. The van der Waals surface area contributed by atoms with Crippen LogP contribution in [0.4, 0.5) is 5.88 Å². The maximum Gasteiger partial charge on any atom is 0.258 e. The number of fused-ring (bicyclic) bond motifs is 1.